The van der Waals surface area contributed by atoms with E-state index in [4.69, 9.17) is 4.74 Å². The minimum atomic E-state index is -0.459. The molecule has 4 heteroatoms. The Kier molecular flexibility index (Phi) is 3.13. The maximum Gasteiger partial charge on any atom is 0.263 e. The van der Waals surface area contributed by atoms with Gasteiger partial charge >= 0.3 is 0 Å². The van der Waals surface area contributed by atoms with Crippen molar-refractivity contribution in [3.05, 3.63) is 29.3 Å². The highest BCUT2D eigenvalue weighted by atomic mass is 16.5. The van der Waals surface area contributed by atoms with Crippen molar-refractivity contribution >= 4 is 12.2 Å². The molecule has 0 aromatic heterocycles. The number of hydrogen-bond acceptors (Lipinski definition) is 3. The van der Waals surface area contributed by atoms with E-state index in [0.717, 1.165) is 11.8 Å². The molecule has 1 saturated heterocycles. The van der Waals surface area contributed by atoms with Crippen molar-refractivity contribution in [1.29, 1.82) is 0 Å². The number of nitrogens with zero attached hydrogens (tertiary/aromatic N) is 1. The quantitative estimate of drug-likeness (QED) is 0.742. The third-order valence-corrected chi connectivity index (χ3v) is 3.01. The summed E-state index contributed by atoms with van der Waals surface area (Å²) in [7, 11) is 1.75. The fraction of sp³-hybridized carbons (Fsp3) is 0.385. The lowest BCUT2D eigenvalue weighted by Crippen LogP contribution is -2.29. The number of benzene rings is 1. The second kappa shape index (κ2) is 4.57. The molecule has 1 aliphatic rings. The van der Waals surface area contributed by atoms with Crippen molar-refractivity contribution in [1.82, 2.24) is 4.90 Å². The first-order chi connectivity index (χ1) is 8.13. The Balaban J connectivity index is 2.24. The van der Waals surface area contributed by atoms with Crippen LogP contribution < -0.4 is 4.74 Å². The van der Waals surface area contributed by atoms with Gasteiger partial charge in [-0.1, -0.05) is 12.1 Å². The second-order valence-corrected chi connectivity index (χ2v) is 4.27. The van der Waals surface area contributed by atoms with Gasteiger partial charge < -0.3 is 9.64 Å². The van der Waals surface area contributed by atoms with Gasteiger partial charge in [0.25, 0.3) is 5.91 Å². The first kappa shape index (κ1) is 11.6. The first-order valence-electron chi connectivity index (χ1n) is 5.60. The zero-order valence-electron chi connectivity index (χ0n) is 9.97. The predicted octanol–water partition coefficient (Wildman–Crippen LogP) is 1.42. The van der Waals surface area contributed by atoms with Gasteiger partial charge in [-0.25, -0.2) is 0 Å². The molecule has 1 unspecified atom stereocenters. The molecule has 1 aliphatic heterocycles. The summed E-state index contributed by atoms with van der Waals surface area (Å²) in [5.74, 6) is 0.501. The predicted molar refractivity (Wildman–Crippen MR) is 63.2 cm³/mol. The fourth-order valence-corrected chi connectivity index (χ4v) is 1.97. The maximum atomic E-state index is 11.7. The normalized spacial score (nSPS) is 19.5. The number of hydrogen-bond donors (Lipinski definition) is 0. The highest BCUT2D eigenvalue weighted by Crippen LogP contribution is 2.25. The Bertz CT molecular complexity index is 456. The number of likely N-dealkylation sites (N-methyl/N-ethyl adjacent to an activating group) is 1. The molecule has 0 radical (unpaired) electrons. The van der Waals surface area contributed by atoms with Gasteiger partial charge in [0.1, 0.15) is 5.75 Å². The number of rotatable bonds is 3. The molecule has 0 N–H and O–H groups in total. The van der Waals surface area contributed by atoms with Crippen LogP contribution >= 0.6 is 0 Å². The summed E-state index contributed by atoms with van der Waals surface area (Å²) in [6, 6.07) is 5.36. The molecule has 1 amide bonds. The topological polar surface area (TPSA) is 46.6 Å². The van der Waals surface area contributed by atoms with E-state index in [1.807, 2.05) is 13.0 Å². The van der Waals surface area contributed by atoms with E-state index < -0.39 is 6.10 Å². The lowest BCUT2D eigenvalue weighted by Gasteiger charge is -2.16. The van der Waals surface area contributed by atoms with Gasteiger partial charge in [0, 0.05) is 20.0 Å². The number of likely N-dealkylation sites (tertiary alicyclic amines) is 1. The van der Waals surface area contributed by atoms with Gasteiger partial charge in [0.15, 0.2) is 12.4 Å². The molecular weight excluding hydrogens is 218 g/mol. The van der Waals surface area contributed by atoms with Crippen molar-refractivity contribution < 1.29 is 14.3 Å². The molecule has 1 fully saturated rings. The van der Waals surface area contributed by atoms with Crippen LogP contribution in [0.4, 0.5) is 0 Å². The van der Waals surface area contributed by atoms with E-state index in [1.54, 1.807) is 24.1 Å². The smallest absolute Gasteiger partial charge is 0.263 e. The number of amides is 1. The number of carbonyl (C=O) groups excluding carboxylic acids is 2. The van der Waals surface area contributed by atoms with E-state index in [-0.39, 0.29) is 5.91 Å². The molecule has 1 atom stereocenters. The lowest BCUT2D eigenvalue weighted by atomic mass is 10.1. The molecule has 1 aromatic rings. The molecule has 1 heterocycles. The Morgan fingerprint density at radius 1 is 1.47 bits per heavy atom. The van der Waals surface area contributed by atoms with Gasteiger partial charge in [-0.2, -0.15) is 0 Å². The standard InChI is InChI=1S/C13H15NO3/c1-9-4-3-5-10(8-15)12(9)17-11-6-7-14(2)13(11)16/h3-5,8,11H,6-7H2,1-2H3. The molecule has 0 spiro atoms. The molecule has 1 aromatic carbocycles. The molecular formula is C13H15NO3. The minimum Gasteiger partial charge on any atom is -0.479 e. The van der Waals surface area contributed by atoms with Gasteiger partial charge in [0.2, 0.25) is 0 Å². The number of para-hydroxylation sites is 1. The summed E-state index contributed by atoms with van der Waals surface area (Å²) < 4.78 is 5.69. The van der Waals surface area contributed by atoms with E-state index >= 15 is 0 Å². The molecule has 0 aliphatic carbocycles. The van der Waals surface area contributed by atoms with Crippen LogP contribution in [-0.4, -0.2) is 36.8 Å². The SMILES string of the molecule is Cc1cccc(C=O)c1OC1CCN(C)C1=O. The summed E-state index contributed by atoms with van der Waals surface area (Å²) in [6.45, 7) is 2.57. The van der Waals surface area contributed by atoms with Gasteiger partial charge in [-0.3, -0.25) is 9.59 Å². The van der Waals surface area contributed by atoms with Crippen LogP contribution in [0, 0.1) is 6.92 Å². The number of ether oxygens (including phenoxy) is 1. The van der Waals surface area contributed by atoms with Crippen molar-refractivity contribution in [2.75, 3.05) is 13.6 Å². The van der Waals surface area contributed by atoms with Crippen LogP contribution in [0.2, 0.25) is 0 Å². The van der Waals surface area contributed by atoms with E-state index in [9.17, 15) is 9.59 Å². The average molecular weight is 233 g/mol. The van der Waals surface area contributed by atoms with Crippen molar-refractivity contribution in [2.24, 2.45) is 0 Å². The Hall–Kier alpha value is -1.84. The third kappa shape index (κ3) is 2.16. The molecule has 0 saturated carbocycles. The van der Waals surface area contributed by atoms with Crippen LogP contribution in [0.25, 0.3) is 0 Å². The van der Waals surface area contributed by atoms with Crippen LogP contribution in [0.5, 0.6) is 5.75 Å². The first-order valence-corrected chi connectivity index (χ1v) is 5.60. The van der Waals surface area contributed by atoms with Crippen molar-refractivity contribution in [3.63, 3.8) is 0 Å². The number of aldehydes is 1. The summed E-state index contributed by atoms with van der Waals surface area (Å²) >= 11 is 0. The average Bonchev–Trinajstić information content (AvgIpc) is 2.63. The lowest BCUT2D eigenvalue weighted by molar-refractivity contribution is -0.132. The van der Waals surface area contributed by atoms with E-state index in [0.29, 0.717) is 24.3 Å². The summed E-state index contributed by atoms with van der Waals surface area (Å²) in [5.41, 5.74) is 1.37. The largest absolute Gasteiger partial charge is 0.479 e. The van der Waals surface area contributed by atoms with Crippen LogP contribution in [-0.2, 0) is 4.79 Å². The van der Waals surface area contributed by atoms with Crippen molar-refractivity contribution in [3.8, 4) is 5.75 Å². The zero-order valence-corrected chi connectivity index (χ0v) is 9.97. The van der Waals surface area contributed by atoms with Crippen LogP contribution in [0.1, 0.15) is 22.3 Å². The minimum absolute atomic E-state index is 0.0231. The number of aryl methyl sites for hydroxylation is 1. The highest BCUT2D eigenvalue weighted by Gasteiger charge is 2.31. The summed E-state index contributed by atoms with van der Waals surface area (Å²) in [6.07, 6.45) is 0.966. The molecule has 0 bridgehead atoms. The van der Waals surface area contributed by atoms with Crippen LogP contribution in [0.15, 0.2) is 18.2 Å². The van der Waals surface area contributed by atoms with Gasteiger partial charge in [-0.15, -0.1) is 0 Å². The second-order valence-electron chi connectivity index (χ2n) is 4.27. The zero-order chi connectivity index (χ0) is 12.4. The maximum absolute atomic E-state index is 11.7. The van der Waals surface area contributed by atoms with E-state index in [2.05, 4.69) is 0 Å². The van der Waals surface area contributed by atoms with Crippen molar-refractivity contribution in [2.45, 2.75) is 19.4 Å². The monoisotopic (exact) mass is 233 g/mol. The van der Waals surface area contributed by atoms with Gasteiger partial charge in [0.05, 0.1) is 5.56 Å². The Labute approximate surface area is 100 Å². The number of carbonyl (C=O) groups is 2. The Morgan fingerprint density at radius 2 is 2.24 bits per heavy atom. The van der Waals surface area contributed by atoms with Gasteiger partial charge in [-0.05, 0) is 18.6 Å². The van der Waals surface area contributed by atoms with Crippen LogP contribution in [0.3, 0.4) is 0 Å². The fourth-order valence-electron chi connectivity index (χ4n) is 1.97. The Morgan fingerprint density at radius 3 is 2.82 bits per heavy atom. The highest BCUT2D eigenvalue weighted by molar-refractivity contribution is 5.84. The molecule has 4 nitrogen and oxygen atoms in total. The molecule has 2 rings (SSSR count). The third-order valence-electron chi connectivity index (χ3n) is 3.01. The summed E-state index contributed by atoms with van der Waals surface area (Å²) in [5, 5.41) is 0. The summed E-state index contributed by atoms with van der Waals surface area (Å²) in [4.78, 5) is 24.3. The molecule has 17 heavy (non-hydrogen) atoms. The molecule has 90 valence electrons. The van der Waals surface area contributed by atoms with E-state index in [1.165, 1.54) is 0 Å².